The Morgan fingerprint density at radius 1 is 0.949 bits per heavy atom. The number of hydrogen-bond acceptors (Lipinski definition) is 8. The van der Waals surface area contributed by atoms with Crippen molar-refractivity contribution in [2.75, 3.05) is 19.5 Å². The van der Waals surface area contributed by atoms with E-state index in [9.17, 15) is 14.0 Å². The molecule has 0 fully saturated rings. The van der Waals surface area contributed by atoms with Crippen LogP contribution in [0.5, 0.6) is 23.1 Å². The quantitative estimate of drug-likeness (QED) is 0.324. The molecular formula is C28H22FN5O5. The van der Waals surface area contributed by atoms with Crippen molar-refractivity contribution in [1.82, 2.24) is 19.7 Å². The monoisotopic (exact) mass is 527 g/mol. The largest absolute Gasteiger partial charge is 0.493 e. The summed E-state index contributed by atoms with van der Waals surface area (Å²) in [7, 11) is 3.07. The fourth-order valence-electron chi connectivity index (χ4n) is 3.91. The fourth-order valence-corrected chi connectivity index (χ4v) is 3.91. The standard InChI is InChI=1S/C28H22FN5O5/c1-16-11-25(35)34(19-9-7-17(29)8-10-19)33-26(16)27(36)32-18-5-4-6-20(12-18)39-28-21-13-23(37-2)24(38-3)14-22(21)30-15-31-28/h4-15H,1-3H3,(H,32,36). The van der Waals surface area contributed by atoms with E-state index in [1.54, 1.807) is 43.3 Å². The maximum Gasteiger partial charge on any atom is 0.276 e. The number of aryl methyl sites for hydroxylation is 1. The number of methoxy groups -OCH3 is 2. The molecule has 2 aromatic heterocycles. The summed E-state index contributed by atoms with van der Waals surface area (Å²) in [5, 5.41) is 7.60. The summed E-state index contributed by atoms with van der Waals surface area (Å²) >= 11 is 0. The Morgan fingerprint density at radius 2 is 1.69 bits per heavy atom. The number of anilines is 1. The number of carbonyl (C=O) groups excluding carboxylic acids is 1. The Morgan fingerprint density at radius 3 is 2.44 bits per heavy atom. The van der Waals surface area contributed by atoms with Gasteiger partial charge in [-0.25, -0.2) is 14.4 Å². The van der Waals surface area contributed by atoms with Crippen molar-refractivity contribution in [3.63, 3.8) is 0 Å². The van der Waals surface area contributed by atoms with Gasteiger partial charge >= 0.3 is 0 Å². The van der Waals surface area contributed by atoms with Crippen LogP contribution in [0.15, 0.2) is 77.9 Å². The van der Waals surface area contributed by atoms with Crippen molar-refractivity contribution >= 4 is 22.5 Å². The molecule has 2 heterocycles. The van der Waals surface area contributed by atoms with E-state index in [1.165, 1.54) is 50.9 Å². The molecule has 0 aliphatic heterocycles. The van der Waals surface area contributed by atoms with Crippen LogP contribution in [-0.4, -0.2) is 39.9 Å². The Bertz CT molecular complexity index is 1750. The van der Waals surface area contributed by atoms with Crippen LogP contribution < -0.4 is 25.1 Å². The molecule has 0 saturated heterocycles. The molecule has 1 amide bonds. The molecule has 5 rings (SSSR count). The smallest absolute Gasteiger partial charge is 0.276 e. The molecule has 10 nitrogen and oxygen atoms in total. The van der Waals surface area contributed by atoms with E-state index >= 15 is 0 Å². The molecule has 0 saturated carbocycles. The predicted octanol–water partition coefficient (Wildman–Crippen LogP) is 4.69. The summed E-state index contributed by atoms with van der Waals surface area (Å²) in [6, 6.07) is 16.7. The third kappa shape index (κ3) is 5.23. The van der Waals surface area contributed by atoms with Gasteiger partial charge in [-0.3, -0.25) is 9.59 Å². The number of amides is 1. The molecule has 0 aliphatic carbocycles. The Kier molecular flexibility index (Phi) is 6.87. The number of rotatable bonds is 7. The van der Waals surface area contributed by atoms with Gasteiger partial charge in [-0.2, -0.15) is 9.78 Å². The van der Waals surface area contributed by atoms with Gasteiger partial charge in [0.2, 0.25) is 5.88 Å². The van der Waals surface area contributed by atoms with Gasteiger partial charge in [0, 0.05) is 23.9 Å². The first kappa shape index (κ1) is 25.3. The zero-order chi connectivity index (χ0) is 27.5. The van der Waals surface area contributed by atoms with Crippen LogP contribution in [0.25, 0.3) is 16.6 Å². The minimum absolute atomic E-state index is 0.0353. The maximum atomic E-state index is 13.3. The van der Waals surface area contributed by atoms with Crippen LogP contribution in [0.1, 0.15) is 16.1 Å². The van der Waals surface area contributed by atoms with Gasteiger partial charge < -0.3 is 19.5 Å². The van der Waals surface area contributed by atoms with Crippen molar-refractivity contribution < 1.29 is 23.4 Å². The van der Waals surface area contributed by atoms with E-state index in [2.05, 4.69) is 20.4 Å². The second-order valence-electron chi connectivity index (χ2n) is 8.39. The highest BCUT2D eigenvalue weighted by Gasteiger charge is 2.16. The minimum Gasteiger partial charge on any atom is -0.493 e. The first-order chi connectivity index (χ1) is 18.9. The van der Waals surface area contributed by atoms with Crippen molar-refractivity contribution in [2.24, 2.45) is 0 Å². The van der Waals surface area contributed by atoms with E-state index in [0.29, 0.717) is 45.1 Å². The number of hydrogen-bond donors (Lipinski definition) is 1. The molecule has 39 heavy (non-hydrogen) atoms. The Hall–Kier alpha value is -5.32. The zero-order valence-corrected chi connectivity index (χ0v) is 21.1. The SMILES string of the molecule is COc1cc2ncnc(Oc3cccc(NC(=O)c4nn(-c5ccc(F)cc5)c(=O)cc4C)c3)c2cc1OC. The van der Waals surface area contributed by atoms with Gasteiger partial charge in [0.05, 0.1) is 30.8 Å². The second kappa shape index (κ2) is 10.6. The van der Waals surface area contributed by atoms with Crippen molar-refractivity contribution in [3.05, 3.63) is 100 Å². The average Bonchev–Trinajstić information content (AvgIpc) is 2.93. The van der Waals surface area contributed by atoms with Gasteiger partial charge in [-0.05, 0) is 55.0 Å². The molecule has 0 radical (unpaired) electrons. The van der Waals surface area contributed by atoms with Crippen molar-refractivity contribution in [1.29, 1.82) is 0 Å². The number of nitrogens with zero attached hydrogens (tertiary/aromatic N) is 4. The molecule has 0 bridgehead atoms. The molecule has 0 spiro atoms. The van der Waals surface area contributed by atoms with Crippen LogP contribution in [-0.2, 0) is 0 Å². The number of carbonyl (C=O) groups is 1. The number of ether oxygens (including phenoxy) is 3. The summed E-state index contributed by atoms with van der Waals surface area (Å²) in [6.45, 7) is 1.61. The van der Waals surface area contributed by atoms with E-state index in [1.807, 2.05) is 0 Å². The van der Waals surface area contributed by atoms with E-state index < -0.39 is 17.3 Å². The molecule has 11 heteroatoms. The van der Waals surface area contributed by atoms with Gasteiger partial charge in [0.1, 0.15) is 17.9 Å². The molecule has 1 N–H and O–H groups in total. The van der Waals surface area contributed by atoms with Crippen molar-refractivity contribution in [2.45, 2.75) is 6.92 Å². The lowest BCUT2D eigenvalue weighted by atomic mass is 10.2. The highest BCUT2D eigenvalue weighted by atomic mass is 19.1. The normalized spacial score (nSPS) is 10.8. The summed E-state index contributed by atoms with van der Waals surface area (Å²) in [4.78, 5) is 34.1. The van der Waals surface area contributed by atoms with Crippen LogP contribution in [0.2, 0.25) is 0 Å². The highest BCUT2D eigenvalue weighted by Crippen LogP contribution is 2.36. The van der Waals surface area contributed by atoms with Crippen LogP contribution in [0, 0.1) is 12.7 Å². The lowest BCUT2D eigenvalue weighted by molar-refractivity contribution is 0.102. The summed E-state index contributed by atoms with van der Waals surface area (Å²) in [6.07, 6.45) is 1.37. The lowest BCUT2D eigenvalue weighted by Gasteiger charge is -2.13. The van der Waals surface area contributed by atoms with Crippen LogP contribution >= 0.6 is 0 Å². The van der Waals surface area contributed by atoms with Crippen LogP contribution in [0.4, 0.5) is 10.1 Å². The Balaban J connectivity index is 1.41. The van der Waals surface area contributed by atoms with Gasteiger partial charge in [-0.15, -0.1) is 0 Å². The minimum atomic E-state index is -0.537. The predicted molar refractivity (Wildman–Crippen MR) is 142 cm³/mol. The van der Waals surface area contributed by atoms with E-state index in [4.69, 9.17) is 14.2 Å². The summed E-state index contributed by atoms with van der Waals surface area (Å²) < 4.78 is 31.1. The van der Waals surface area contributed by atoms with Crippen molar-refractivity contribution in [3.8, 4) is 28.8 Å². The summed E-state index contributed by atoms with van der Waals surface area (Å²) in [5.74, 6) is 0.721. The topological polar surface area (TPSA) is 117 Å². The zero-order valence-electron chi connectivity index (χ0n) is 21.1. The lowest BCUT2D eigenvalue weighted by Crippen LogP contribution is -2.26. The number of fused-ring (bicyclic) bond motifs is 1. The van der Waals surface area contributed by atoms with Gasteiger partial charge in [0.15, 0.2) is 17.2 Å². The molecule has 196 valence electrons. The number of aromatic nitrogens is 4. The molecule has 5 aromatic rings. The summed E-state index contributed by atoms with van der Waals surface area (Å²) in [5.41, 5.74) is 1.33. The number of halogens is 1. The molecule has 0 unspecified atom stereocenters. The molecule has 3 aromatic carbocycles. The first-order valence-electron chi connectivity index (χ1n) is 11.7. The number of benzene rings is 3. The third-order valence-corrected chi connectivity index (χ3v) is 5.82. The van der Waals surface area contributed by atoms with Gasteiger partial charge in [-0.1, -0.05) is 6.07 Å². The van der Waals surface area contributed by atoms with E-state index in [-0.39, 0.29) is 11.6 Å². The highest BCUT2D eigenvalue weighted by molar-refractivity contribution is 6.03. The Labute approximate surface area is 221 Å². The molecule has 0 atom stereocenters. The first-order valence-corrected chi connectivity index (χ1v) is 11.7. The fraction of sp³-hybridized carbons (Fsp3) is 0.107. The molecule has 0 aliphatic rings. The average molecular weight is 528 g/mol. The maximum absolute atomic E-state index is 13.3. The van der Waals surface area contributed by atoms with E-state index in [0.717, 1.165) is 4.68 Å². The van der Waals surface area contributed by atoms with Crippen LogP contribution in [0.3, 0.4) is 0 Å². The van der Waals surface area contributed by atoms with Gasteiger partial charge in [0.25, 0.3) is 11.5 Å². The third-order valence-electron chi connectivity index (χ3n) is 5.82. The second-order valence-corrected chi connectivity index (χ2v) is 8.39. The molecular weight excluding hydrogens is 505 g/mol. The number of nitrogens with one attached hydrogen (secondary N) is 1.